The molecule has 0 aliphatic heterocycles. The number of aryl methyl sites for hydroxylation is 2. The molecule has 0 saturated heterocycles. The minimum atomic E-state index is -3.59. The normalized spacial score (nSPS) is 14.1. The largest absolute Gasteiger partial charge is 0.383 e. The van der Waals surface area contributed by atoms with Crippen molar-refractivity contribution in [3.63, 3.8) is 0 Å². The Morgan fingerprint density at radius 2 is 2.22 bits per heavy atom. The van der Waals surface area contributed by atoms with Crippen LogP contribution in [0, 0.1) is 6.92 Å². The Hall–Kier alpha value is -0.960. The Bertz CT molecular complexity index is 478. The van der Waals surface area contributed by atoms with Gasteiger partial charge in [0.1, 0.15) is 5.82 Å². The molecule has 0 amide bonds. The van der Waals surface area contributed by atoms with Crippen LogP contribution in [0.2, 0.25) is 0 Å². The summed E-state index contributed by atoms with van der Waals surface area (Å²) in [4.78, 5) is 4.02. The number of hydrogen-bond acceptors (Lipinski definition) is 5. The van der Waals surface area contributed by atoms with Crippen molar-refractivity contribution in [2.45, 2.75) is 18.0 Å². The van der Waals surface area contributed by atoms with Crippen LogP contribution >= 0.6 is 0 Å². The quantitative estimate of drug-likeness (QED) is 0.743. The lowest BCUT2D eigenvalue weighted by molar-refractivity contribution is 0.173. The highest BCUT2D eigenvalue weighted by molar-refractivity contribution is 7.89. The first-order valence-corrected chi connectivity index (χ1v) is 6.94. The van der Waals surface area contributed by atoms with E-state index in [-0.39, 0.29) is 17.6 Å². The maximum atomic E-state index is 12.2. The van der Waals surface area contributed by atoms with Gasteiger partial charge in [0.25, 0.3) is 10.0 Å². The third-order valence-electron chi connectivity index (χ3n) is 2.63. The molecule has 1 aromatic rings. The summed E-state index contributed by atoms with van der Waals surface area (Å²) >= 11 is 0. The first kappa shape index (κ1) is 15.1. The Morgan fingerprint density at radius 1 is 1.61 bits per heavy atom. The van der Waals surface area contributed by atoms with Crippen LogP contribution in [0.15, 0.2) is 11.2 Å². The molecule has 104 valence electrons. The minimum absolute atomic E-state index is 0.0367. The summed E-state index contributed by atoms with van der Waals surface area (Å²) in [7, 11) is 1.17. The number of hydrogen-bond donors (Lipinski definition) is 1. The predicted molar refractivity (Wildman–Crippen MR) is 67.6 cm³/mol. The molecule has 1 unspecified atom stereocenters. The number of aromatic nitrogens is 2. The number of rotatable bonds is 6. The van der Waals surface area contributed by atoms with E-state index in [2.05, 4.69) is 4.98 Å². The molecule has 2 N–H and O–H groups in total. The fourth-order valence-electron chi connectivity index (χ4n) is 1.51. The predicted octanol–water partition coefficient (Wildman–Crippen LogP) is -0.677. The van der Waals surface area contributed by atoms with Gasteiger partial charge < -0.3 is 15.0 Å². The molecule has 1 aromatic heterocycles. The lowest BCUT2D eigenvalue weighted by Gasteiger charge is -2.19. The highest BCUT2D eigenvalue weighted by Crippen LogP contribution is 2.13. The zero-order valence-electron chi connectivity index (χ0n) is 11.1. The van der Waals surface area contributed by atoms with Crippen LogP contribution < -0.4 is 5.73 Å². The van der Waals surface area contributed by atoms with Crippen molar-refractivity contribution in [1.82, 2.24) is 13.9 Å². The molecule has 0 fully saturated rings. The van der Waals surface area contributed by atoms with Gasteiger partial charge in [-0.25, -0.2) is 13.4 Å². The van der Waals surface area contributed by atoms with E-state index in [9.17, 15) is 8.42 Å². The monoisotopic (exact) mass is 276 g/mol. The smallest absolute Gasteiger partial charge is 0.261 e. The summed E-state index contributed by atoms with van der Waals surface area (Å²) in [5, 5.41) is 0.0367. The average Bonchev–Trinajstić information content (AvgIpc) is 2.60. The molecule has 18 heavy (non-hydrogen) atoms. The van der Waals surface area contributed by atoms with E-state index in [1.165, 1.54) is 24.7 Å². The summed E-state index contributed by atoms with van der Waals surface area (Å²) < 4.78 is 32.1. The maximum Gasteiger partial charge on any atom is 0.261 e. The van der Waals surface area contributed by atoms with E-state index in [0.717, 1.165) is 0 Å². The Labute approximate surface area is 108 Å². The van der Waals surface area contributed by atoms with Gasteiger partial charge in [-0.05, 0) is 6.92 Å². The first-order valence-electron chi connectivity index (χ1n) is 5.50. The van der Waals surface area contributed by atoms with Crippen LogP contribution in [0.25, 0.3) is 0 Å². The lowest BCUT2D eigenvalue weighted by atomic mass is 10.3. The van der Waals surface area contributed by atoms with Crippen LogP contribution in [0.1, 0.15) is 5.82 Å². The number of sulfonamides is 1. The molecule has 8 heteroatoms. The number of imidazole rings is 1. The van der Waals surface area contributed by atoms with Crippen molar-refractivity contribution in [3.8, 4) is 0 Å². The molecular formula is C10H20N4O3S. The zero-order valence-corrected chi connectivity index (χ0v) is 11.9. The van der Waals surface area contributed by atoms with Gasteiger partial charge in [-0.15, -0.1) is 0 Å². The topological polar surface area (TPSA) is 90.5 Å². The molecule has 7 nitrogen and oxygen atoms in total. The molecule has 0 aromatic carbocycles. The Kier molecular flexibility index (Phi) is 4.85. The minimum Gasteiger partial charge on any atom is -0.383 e. The highest BCUT2D eigenvalue weighted by Gasteiger charge is 2.25. The summed E-state index contributed by atoms with van der Waals surface area (Å²) in [5.74, 6) is 0.642. The number of nitrogens with zero attached hydrogens (tertiary/aromatic N) is 3. The van der Waals surface area contributed by atoms with Gasteiger partial charge in [-0.2, -0.15) is 4.31 Å². The zero-order chi connectivity index (χ0) is 13.9. The summed E-state index contributed by atoms with van der Waals surface area (Å²) in [5.41, 5.74) is 5.74. The van der Waals surface area contributed by atoms with Gasteiger partial charge in [0, 0.05) is 40.0 Å². The van der Waals surface area contributed by atoms with E-state index in [1.54, 1.807) is 18.5 Å². The van der Waals surface area contributed by atoms with Crippen LogP contribution in [-0.2, 0) is 21.8 Å². The van der Waals surface area contributed by atoms with E-state index >= 15 is 0 Å². The highest BCUT2D eigenvalue weighted by atomic mass is 32.2. The van der Waals surface area contributed by atoms with Gasteiger partial charge in [0.2, 0.25) is 0 Å². The number of nitrogens with two attached hydrogens (primary N) is 1. The first-order chi connectivity index (χ1) is 8.28. The number of ether oxygens (including phenoxy) is 1. The molecule has 0 spiro atoms. The molecule has 0 aliphatic rings. The molecule has 1 atom stereocenters. The van der Waals surface area contributed by atoms with Gasteiger partial charge in [0.15, 0.2) is 5.03 Å². The van der Waals surface area contributed by atoms with Gasteiger partial charge in [0.05, 0.1) is 6.61 Å². The number of likely N-dealkylation sites (N-methyl/N-ethyl adjacent to an activating group) is 1. The molecular weight excluding hydrogens is 256 g/mol. The fraction of sp³-hybridized carbons (Fsp3) is 0.700. The lowest BCUT2D eigenvalue weighted by Crippen LogP contribution is -2.41. The molecule has 0 saturated carbocycles. The van der Waals surface area contributed by atoms with E-state index in [4.69, 9.17) is 10.5 Å². The Morgan fingerprint density at radius 3 is 2.67 bits per heavy atom. The van der Waals surface area contributed by atoms with Crippen molar-refractivity contribution in [2.75, 3.05) is 27.3 Å². The third kappa shape index (κ3) is 3.29. The van der Waals surface area contributed by atoms with E-state index < -0.39 is 10.0 Å². The summed E-state index contributed by atoms with van der Waals surface area (Å²) in [6.45, 7) is 2.24. The Balaban J connectivity index is 2.86. The van der Waals surface area contributed by atoms with Crippen LogP contribution in [0.3, 0.4) is 0 Å². The second-order valence-electron chi connectivity index (χ2n) is 4.24. The average molecular weight is 276 g/mol. The van der Waals surface area contributed by atoms with Crippen LogP contribution in [0.4, 0.5) is 0 Å². The van der Waals surface area contributed by atoms with Crippen molar-refractivity contribution in [1.29, 1.82) is 0 Å². The molecule has 1 rings (SSSR count). The van der Waals surface area contributed by atoms with Gasteiger partial charge in [-0.1, -0.05) is 0 Å². The SMILES string of the molecule is COCC(N)CN(C)S(=O)(=O)c1cn(C)c(C)n1. The second-order valence-corrected chi connectivity index (χ2v) is 6.23. The molecule has 0 radical (unpaired) electrons. The molecule has 1 heterocycles. The van der Waals surface area contributed by atoms with Crippen molar-refractivity contribution in [2.24, 2.45) is 12.8 Å². The standard InChI is InChI=1S/C10H20N4O3S/c1-8-12-10(6-13(8)2)18(15,16)14(3)5-9(11)7-17-4/h6,9H,5,7,11H2,1-4H3. The van der Waals surface area contributed by atoms with Crippen molar-refractivity contribution < 1.29 is 13.2 Å². The third-order valence-corrected chi connectivity index (χ3v) is 4.33. The second kappa shape index (κ2) is 5.79. The molecule has 0 bridgehead atoms. The van der Waals surface area contributed by atoms with E-state index in [0.29, 0.717) is 12.4 Å². The fourth-order valence-corrected chi connectivity index (χ4v) is 2.75. The van der Waals surface area contributed by atoms with Crippen LogP contribution in [0.5, 0.6) is 0 Å². The maximum absolute atomic E-state index is 12.2. The van der Waals surface area contributed by atoms with Crippen molar-refractivity contribution >= 4 is 10.0 Å². The molecule has 0 aliphatic carbocycles. The van der Waals surface area contributed by atoms with E-state index in [1.807, 2.05) is 0 Å². The van der Waals surface area contributed by atoms with Crippen LogP contribution in [-0.4, -0.2) is 55.6 Å². The van der Waals surface area contributed by atoms with Crippen molar-refractivity contribution in [3.05, 3.63) is 12.0 Å². The summed E-state index contributed by atoms with van der Waals surface area (Å²) in [6, 6.07) is -0.361. The van der Waals surface area contributed by atoms with Gasteiger partial charge in [-0.3, -0.25) is 0 Å². The number of methoxy groups -OCH3 is 1. The van der Waals surface area contributed by atoms with Gasteiger partial charge >= 0.3 is 0 Å². The summed E-state index contributed by atoms with van der Waals surface area (Å²) in [6.07, 6.45) is 1.49.